The first kappa shape index (κ1) is 20.4. The molecule has 1 atom stereocenters. The fourth-order valence-corrected chi connectivity index (χ4v) is 2.51. The van der Waals surface area contributed by atoms with Gasteiger partial charge in [-0.3, -0.25) is 0 Å². The van der Waals surface area contributed by atoms with Gasteiger partial charge in [-0.1, -0.05) is 30.3 Å². The Hall–Kier alpha value is -3.33. The van der Waals surface area contributed by atoms with Crippen molar-refractivity contribution in [3.05, 3.63) is 60.7 Å². The van der Waals surface area contributed by atoms with Crippen molar-refractivity contribution in [1.82, 2.24) is 9.97 Å². The Kier molecular flexibility index (Phi) is 6.18. The molecule has 0 amide bonds. The van der Waals surface area contributed by atoms with E-state index in [0.29, 0.717) is 17.1 Å². The summed E-state index contributed by atoms with van der Waals surface area (Å²) >= 11 is 0. The molecule has 152 valence electrons. The molecule has 0 radical (unpaired) electrons. The molecule has 2 aromatic carbocycles. The maximum atomic E-state index is 12.5. The van der Waals surface area contributed by atoms with Gasteiger partial charge in [-0.25, -0.2) is 4.98 Å². The number of nitrogens with zero attached hydrogens (tertiary/aromatic N) is 2. The van der Waals surface area contributed by atoms with Crippen molar-refractivity contribution in [3.63, 3.8) is 0 Å². The van der Waals surface area contributed by atoms with E-state index in [2.05, 4.69) is 25.3 Å². The minimum Gasteiger partial charge on any atom is -0.406 e. The van der Waals surface area contributed by atoms with Crippen LogP contribution in [0.3, 0.4) is 0 Å². The van der Waals surface area contributed by atoms with Crippen LogP contribution in [0.15, 0.2) is 60.7 Å². The van der Waals surface area contributed by atoms with Crippen LogP contribution in [0, 0.1) is 0 Å². The van der Waals surface area contributed by atoms with E-state index < -0.39 is 6.36 Å². The highest BCUT2D eigenvalue weighted by molar-refractivity contribution is 5.68. The van der Waals surface area contributed by atoms with Crippen LogP contribution < -0.4 is 15.4 Å². The molecule has 1 heterocycles. The fraction of sp³-hybridized carbons (Fsp3) is 0.200. The third-order valence-electron chi connectivity index (χ3n) is 3.79. The largest absolute Gasteiger partial charge is 0.573 e. The predicted octanol–water partition coefficient (Wildman–Crippen LogP) is 4.58. The highest BCUT2D eigenvalue weighted by atomic mass is 19.4. The van der Waals surface area contributed by atoms with Gasteiger partial charge in [-0.2, -0.15) is 4.98 Å². The molecular weight excluding hydrogens is 385 g/mol. The highest BCUT2D eigenvalue weighted by Crippen LogP contribution is 2.29. The zero-order valence-electron chi connectivity index (χ0n) is 15.4. The van der Waals surface area contributed by atoms with Gasteiger partial charge in [-0.05, 0) is 31.2 Å². The molecule has 3 aromatic rings. The summed E-state index contributed by atoms with van der Waals surface area (Å²) in [5.41, 5.74) is 1.59. The molecule has 0 aliphatic rings. The van der Waals surface area contributed by atoms with Gasteiger partial charge in [0, 0.05) is 23.4 Å². The first-order valence-electron chi connectivity index (χ1n) is 8.77. The molecule has 0 unspecified atom stereocenters. The molecule has 0 spiro atoms. The van der Waals surface area contributed by atoms with Crippen LogP contribution >= 0.6 is 0 Å². The number of aliphatic hydroxyl groups excluding tert-OH is 1. The molecule has 0 fully saturated rings. The number of hydrogen-bond acceptors (Lipinski definition) is 6. The average molecular weight is 404 g/mol. The number of alkyl halides is 3. The number of nitrogens with one attached hydrogen (secondary N) is 2. The summed E-state index contributed by atoms with van der Waals surface area (Å²) in [6.45, 7) is 1.61. The molecule has 0 bridgehead atoms. The second-order valence-electron chi connectivity index (χ2n) is 6.26. The topological polar surface area (TPSA) is 79.3 Å². The zero-order chi connectivity index (χ0) is 20.9. The van der Waals surface area contributed by atoms with Crippen LogP contribution in [0.4, 0.5) is 30.6 Å². The highest BCUT2D eigenvalue weighted by Gasteiger charge is 2.31. The number of aliphatic hydroxyl groups is 1. The molecule has 0 saturated carbocycles. The Morgan fingerprint density at radius 1 is 1.03 bits per heavy atom. The lowest BCUT2D eigenvalue weighted by Crippen LogP contribution is -2.21. The van der Waals surface area contributed by atoms with E-state index in [1.165, 1.54) is 18.2 Å². The minimum absolute atomic E-state index is 0.135. The molecule has 0 aliphatic carbocycles. The maximum absolute atomic E-state index is 12.5. The summed E-state index contributed by atoms with van der Waals surface area (Å²) in [4.78, 5) is 8.73. The van der Waals surface area contributed by atoms with Crippen LogP contribution in [0.25, 0.3) is 11.3 Å². The standard InChI is InChI=1S/C20H19F3N4O2/c1-13(12-28)24-19-26-17(11-18(27-19)25-15-7-3-2-4-8-15)14-6-5-9-16(10-14)29-20(21,22)23/h2-11,13,28H,12H2,1H3,(H2,24,25,26,27)/t13-/m1/s1. The van der Waals surface area contributed by atoms with Crippen LogP contribution in [0.5, 0.6) is 5.75 Å². The van der Waals surface area contributed by atoms with Crippen LogP contribution in [0.2, 0.25) is 0 Å². The number of para-hydroxylation sites is 1. The van der Waals surface area contributed by atoms with Crippen molar-refractivity contribution in [3.8, 4) is 17.0 Å². The van der Waals surface area contributed by atoms with Gasteiger partial charge >= 0.3 is 6.36 Å². The molecule has 3 N–H and O–H groups in total. The zero-order valence-corrected chi connectivity index (χ0v) is 15.4. The second-order valence-corrected chi connectivity index (χ2v) is 6.26. The van der Waals surface area contributed by atoms with E-state index in [-0.39, 0.29) is 24.3 Å². The van der Waals surface area contributed by atoms with Crippen LogP contribution in [-0.4, -0.2) is 34.1 Å². The van der Waals surface area contributed by atoms with Gasteiger partial charge in [0.1, 0.15) is 11.6 Å². The number of rotatable bonds is 7. The fourth-order valence-electron chi connectivity index (χ4n) is 2.51. The summed E-state index contributed by atoms with van der Waals surface area (Å²) in [7, 11) is 0. The predicted molar refractivity (Wildman–Crippen MR) is 104 cm³/mol. The summed E-state index contributed by atoms with van der Waals surface area (Å²) in [5.74, 6) is 0.324. The summed E-state index contributed by atoms with van der Waals surface area (Å²) in [6, 6.07) is 16.1. The van der Waals surface area contributed by atoms with E-state index in [1.807, 2.05) is 30.3 Å². The van der Waals surface area contributed by atoms with Crippen molar-refractivity contribution >= 4 is 17.5 Å². The Bertz CT molecular complexity index is 952. The van der Waals surface area contributed by atoms with Gasteiger partial charge in [0.05, 0.1) is 12.3 Å². The number of ether oxygens (including phenoxy) is 1. The third kappa shape index (κ3) is 6.08. The average Bonchev–Trinajstić information content (AvgIpc) is 2.67. The molecule has 3 rings (SSSR count). The number of hydrogen-bond donors (Lipinski definition) is 3. The Morgan fingerprint density at radius 3 is 2.48 bits per heavy atom. The van der Waals surface area contributed by atoms with Gasteiger partial charge in [-0.15, -0.1) is 13.2 Å². The minimum atomic E-state index is -4.78. The quantitative estimate of drug-likeness (QED) is 0.535. The van der Waals surface area contributed by atoms with Gasteiger partial charge < -0.3 is 20.5 Å². The Labute approximate surface area is 165 Å². The smallest absolute Gasteiger partial charge is 0.406 e. The number of aromatic nitrogens is 2. The van der Waals surface area contributed by atoms with Crippen molar-refractivity contribution in [2.24, 2.45) is 0 Å². The number of halogens is 3. The lowest BCUT2D eigenvalue weighted by molar-refractivity contribution is -0.274. The van der Waals surface area contributed by atoms with Gasteiger partial charge in [0.15, 0.2) is 0 Å². The summed E-state index contributed by atoms with van der Waals surface area (Å²) in [6.07, 6.45) is -4.78. The van der Waals surface area contributed by atoms with E-state index in [4.69, 9.17) is 0 Å². The van der Waals surface area contributed by atoms with Crippen molar-refractivity contribution in [1.29, 1.82) is 0 Å². The van der Waals surface area contributed by atoms with E-state index in [0.717, 1.165) is 5.69 Å². The Morgan fingerprint density at radius 2 is 1.79 bits per heavy atom. The third-order valence-corrected chi connectivity index (χ3v) is 3.79. The number of benzene rings is 2. The SMILES string of the molecule is C[C@H](CO)Nc1nc(Nc2ccccc2)cc(-c2cccc(OC(F)(F)F)c2)n1. The monoisotopic (exact) mass is 404 g/mol. The van der Waals surface area contributed by atoms with Crippen LogP contribution in [0.1, 0.15) is 6.92 Å². The molecule has 29 heavy (non-hydrogen) atoms. The lowest BCUT2D eigenvalue weighted by Gasteiger charge is -2.15. The molecule has 1 aromatic heterocycles. The maximum Gasteiger partial charge on any atom is 0.573 e. The molecule has 0 aliphatic heterocycles. The molecular formula is C20H19F3N4O2. The summed E-state index contributed by atoms with van der Waals surface area (Å²) in [5, 5.41) is 15.4. The normalized spacial score (nSPS) is 12.3. The molecule has 0 saturated heterocycles. The van der Waals surface area contributed by atoms with E-state index in [1.54, 1.807) is 19.1 Å². The van der Waals surface area contributed by atoms with E-state index >= 15 is 0 Å². The Balaban J connectivity index is 1.97. The lowest BCUT2D eigenvalue weighted by atomic mass is 10.1. The summed E-state index contributed by atoms with van der Waals surface area (Å²) < 4.78 is 41.6. The second kappa shape index (κ2) is 8.78. The molecule has 6 nitrogen and oxygen atoms in total. The van der Waals surface area contributed by atoms with Gasteiger partial charge in [0.2, 0.25) is 5.95 Å². The first-order chi connectivity index (χ1) is 13.8. The van der Waals surface area contributed by atoms with Crippen LogP contribution in [-0.2, 0) is 0 Å². The van der Waals surface area contributed by atoms with Crippen molar-refractivity contribution in [2.45, 2.75) is 19.3 Å². The van der Waals surface area contributed by atoms with Crippen molar-refractivity contribution in [2.75, 3.05) is 17.2 Å². The van der Waals surface area contributed by atoms with E-state index in [9.17, 15) is 18.3 Å². The number of anilines is 3. The van der Waals surface area contributed by atoms with Gasteiger partial charge in [0.25, 0.3) is 0 Å². The first-order valence-corrected chi connectivity index (χ1v) is 8.77. The van der Waals surface area contributed by atoms with Crippen molar-refractivity contribution < 1.29 is 23.0 Å². The molecule has 9 heteroatoms.